The standard InChI is InChI=1S/C30H39FN4O3/c1-3-4-11-34-19-24(17-28(34)36)29(37)33-26(16-22-13-21(2)14-25(31)15-22)18-27-20-35(12-10-32-27)30(38)23-8-6-5-7-9-23/h5-9,13-15,24,26-27,32H,3-4,10-12,16-20H2,1-2H3,(H,33,37)/t24?,26?,27-/m0/s1. The second-order valence-corrected chi connectivity index (χ2v) is 10.6. The van der Waals surface area contributed by atoms with Gasteiger partial charge in [-0.2, -0.15) is 0 Å². The van der Waals surface area contributed by atoms with Gasteiger partial charge >= 0.3 is 0 Å². The molecule has 0 bridgehead atoms. The minimum atomic E-state index is -0.383. The van der Waals surface area contributed by atoms with E-state index >= 15 is 0 Å². The molecule has 2 aromatic carbocycles. The average molecular weight is 523 g/mol. The second-order valence-electron chi connectivity index (χ2n) is 10.6. The number of unbranched alkanes of at least 4 members (excludes halogenated alkanes) is 1. The molecule has 8 heteroatoms. The maximum atomic E-state index is 14.1. The van der Waals surface area contributed by atoms with Crippen molar-refractivity contribution >= 4 is 17.7 Å². The van der Waals surface area contributed by atoms with Crippen molar-refractivity contribution in [3.05, 3.63) is 71.0 Å². The van der Waals surface area contributed by atoms with Crippen molar-refractivity contribution in [3.8, 4) is 0 Å². The largest absolute Gasteiger partial charge is 0.353 e. The number of aryl methyl sites for hydroxylation is 1. The predicted octanol–water partition coefficient (Wildman–Crippen LogP) is 3.31. The number of nitrogens with one attached hydrogen (secondary N) is 2. The Morgan fingerprint density at radius 1 is 1.16 bits per heavy atom. The second kappa shape index (κ2) is 13.0. The van der Waals surface area contributed by atoms with E-state index in [-0.39, 0.29) is 48.0 Å². The normalized spacial score (nSPS) is 20.4. The topological polar surface area (TPSA) is 81.8 Å². The van der Waals surface area contributed by atoms with Gasteiger partial charge in [-0.3, -0.25) is 14.4 Å². The number of nitrogens with zero attached hydrogens (tertiary/aromatic N) is 2. The van der Waals surface area contributed by atoms with Crippen molar-refractivity contribution in [3.63, 3.8) is 0 Å². The highest BCUT2D eigenvalue weighted by molar-refractivity contribution is 5.94. The molecule has 2 aromatic rings. The van der Waals surface area contributed by atoms with Crippen LogP contribution < -0.4 is 10.6 Å². The first-order chi connectivity index (χ1) is 18.3. The summed E-state index contributed by atoms with van der Waals surface area (Å²) in [6, 6.07) is 13.9. The highest BCUT2D eigenvalue weighted by atomic mass is 19.1. The maximum Gasteiger partial charge on any atom is 0.253 e. The van der Waals surface area contributed by atoms with Gasteiger partial charge < -0.3 is 20.4 Å². The maximum absolute atomic E-state index is 14.1. The van der Waals surface area contributed by atoms with Crippen molar-refractivity contribution in [1.82, 2.24) is 20.4 Å². The molecule has 0 saturated carbocycles. The quantitative estimate of drug-likeness (QED) is 0.502. The van der Waals surface area contributed by atoms with Crippen molar-refractivity contribution in [2.45, 2.75) is 58.0 Å². The number of carbonyl (C=O) groups excluding carboxylic acids is 3. The van der Waals surface area contributed by atoms with Gasteiger partial charge in [-0.1, -0.05) is 37.6 Å². The molecule has 0 spiro atoms. The Morgan fingerprint density at radius 3 is 2.68 bits per heavy atom. The molecule has 3 amide bonds. The highest BCUT2D eigenvalue weighted by Gasteiger charge is 2.35. The Balaban J connectivity index is 1.44. The van der Waals surface area contributed by atoms with Crippen LogP contribution in [0.1, 0.15) is 54.1 Å². The van der Waals surface area contributed by atoms with Gasteiger partial charge in [0, 0.05) is 56.8 Å². The van der Waals surface area contributed by atoms with E-state index in [1.54, 1.807) is 4.90 Å². The highest BCUT2D eigenvalue weighted by Crippen LogP contribution is 2.21. The number of benzene rings is 2. The van der Waals surface area contributed by atoms with Crippen molar-refractivity contribution < 1.29 is 18.8 Å². The first-order valence-electron chi connectivity index (χ1n) is 13.7. The zero-order valence-corrected chi connectivity index (χ0v) is 22.4. The van der Waals surface area contributed by atoms with Crippen LogP contribution in [0.3, 0.4) is 0 Å². The van der Waals surface area contributed by atoms with Gasteiger partial charge in [-0.15, -0.1) is 0 Å². The molecule has 3 atom stereocenters. The van der Waals surface area contributed by atoms with Crippen molar-refractivity contribution in [2.75, 3.05) is 32.7 Å². The molecule has 0 radical (unpaired) electrons. The van der Waals surface area contributed by atoms with Crippen LogP contribution in [0, 0.1) is 18.7 Å². The van der Waals surface area contributed by atoms with Crippen molar-refractivity contribution in [1.29, 1.82) is 0 Å². The Morgan fingerprint density at radius 2 is 1.95 bits per heavy atom. The third kappa shape index (κ3) is 7.40. The number of amides is 3. The molecule has 2 fully saturated rings. The number of rotatable bonds is 10. The number of halogens is 1. The Hall–Kier alpha value is -3.26. The van der Waals surface area contributed by atoms with Gasteiger partial charge in [-0.05, 0) is 61.6 Å². The molecule has 4 rings (SSSR count). The number of likely N-dealkylation sites (tertiary alicyclic amines) is 1. The van der Waals surface area contributed by atoms with Gasteiger partial charge in [0.2, 0.25) is 11.8 Å². The summed E-state index contributed by atoms with van der Waals surface area (Å²) in [6.45, 7) is 6.85. The summed E-state index contributed by atoms with van der Waals surface area (Å²) in [4.78, 5) is 42.4. The number of hydrogen-bond donors (Lipinski definition) is 2. The van der Waals surface area contributed by atoms with Gasteiger partial charge in [0.1, 0.15) is 5.82 Å². The minimum absolute atomic E-state index is 0.00456. The van der Waals surface area contributed by atoms with Gasteiger partial charge in [0.25, 0.3) is 5.91 Å². The predicted molar refractivity (Wildman–Crippen MR) is 145 cm³/mol. The smallest absolute Gasteiger partial charge is 0.253 e. The molecule has 204 valence electrons. The molecule has 2 N–H and O–H groups in total. The van der Waals surface area contributed by atoms with Crippen LogP contribution >= 0.6 is 0 Å². The molecule has 2 heterocycles. The number of piperazine rings is 1. The van der Waals surface area contributed by atoms with Gasteiger partial charge in [-0.25, -0.2) is 4.39 Å². The lowest BCUT2D eigenvalue weighted by Gasteiger charge is -2.36. The van der Waals surface area contributed by atoms with Crippen LogP contribution in [-0.2, 0) is 16.0 Å². The molecule has 0 aliphatic carbocycles. The fourth-order valence-electron chi connectivity index (χ4n) is 5.51. The molecule has 2 aliphatic heterocycles. The first kappa shape index (κ1) is 27.8. The van der Waals surface area contributed by atoms with Gasteiger partial charge in [0.15, 0.2) is 0 Å². The summed E-state index contributed by atoms with van der Waals surface area (Å²) in [7, 11) is 0. The van der Waals surface area contributed by atoms with Crippen LogP contribution in [0.5, 0.6) is 0 Å². The summed E-state index contributed by atoms with van der Waals surface area (Å²) in [5.41, 5.74) is 2.30. The molecule has 2 aliphatic rings. The summed E-state index contributed by atoms with van der Waals surface area (Å²) in [6.07, 6.45) is 3.19. The Kier molecular flexibility index (Phi) is 9.50. The minimum Gasteiger partial charge on any atom is -0.353 e. The molecule has 38 heavy (non-hydrogen) atoms. The van der Waals surface area contributed by atoms with Crippen molar-refractivity contribution in [2.24, 2.45) is 5.92 Å². The first-order valence-corrected chi connectivity index (χ1v) is 13.7. The lowest BCUT2D eigenvalue weighted by molar-refractivity contribution is -0.129. The van der Waals surface area contributed by atoms with E-state index in [0.717, 1.165) is 24.0 Å². The van der Waals surface area contributed by atoms with Crippen LogP contribution in [0.2, 0.25) is 0 Å². The van der Waals surface area contributed by atoms with Crippen LogP contribution in [-0.4, -0.2) is 72.3 Å². The molecular weight excluding hydrogens is 483 g/mol. The molecular formula is C30H39FN4O3. The lowest BCUT2D eigenvalue weighted by Crippen LogP contribution is -2.55. The SMILES string of the molecule is CCCCN1CC(C(=O)NC(Cc2cc(C)cc(F)c2)C[C@H]2CN(C(=O)c3ccccc3)CCN2)CC1=O. The van der Waals surface area contributed by atoms with E-state index in [2.05, 4.69) is 17.6 Å². The van der Waals surface area contributed by atoms with Crippen LogP contribution in [0.25, 0.3) is 0 Å². The Labute approximate surface area is 224 Å². The summed E-state index contributed by atoms with van der Waals surface area (Å²) < 4.78 is 14.1. The van der Waals surface area contributed by atoms with Crippen LogP contribution in [0.4, 0.5) is 4.39 Å². The zero-order valence-electron chi connectivity index (χ0n) is 22.4. The number of carbonyl (C=O) groups is 3. The monoisotopic (exact) mass is 522 g/mol. The third-order valence-corrected chi connectivity index (χ3v) is 7.43. The molecule has 0 aromatic heterocycles. The fraction of sp³-hybridized carbons (Fsp3) is 0.500. The van der Waals surface area contributed by atoms with E-state index in [9.17, 15) is 18.8 Å². The third-order valence-electron chi connectivity index (χ3n) is 7.43. The van der Waals surface area contributed by atoms with E-state index < -0.39 is 0 Å². The summed E-state index contributed by atoms with van der Waals surface area (Å²) >= 11 is 0. The summed E-state index contributed by atoms with van der Waals surface area (Å²) in [5, 5.41) is 6.68. The summed E-state index contributed by atoms with van der Waals surface area (Å²) in [5.74, 6) is -0.793. The molecule has 2 unspecified atom stereocenters. The molecule has 2 saturated heterocycles. The van der Waals surface area contributed by atoms with Crippen LogP contribution in [0.15, 0.2) is 48.5 Å². The Bertz CT molecular complexity index is 1110. The average Bonchev–Trinajstić information content (AvgIpc) is 3.27. The number of hydrogen-bond acceptors (Lipinski definition) is 4. The zero-order chi connectivity index (χ0) is 27.1. The van der Waals surface area contributed by atoms with E-state index in [1.807, 2.05) is 48.2 Å². The van der Waals surface area contributed by atoms with Gasteiger partial charge in [0.05, 0.1) is 5.92 Å². The lowest BCUT2D eigenvalue weighted by atomic mass is 9.96. The van der Waals surface area contributed by atoms with E-state index in [1.165, 1.54) is 12.1 Å². The fourth-order valence-corrected chi connectivity index (χ4v) is 5.51. The molecule has 7 nitrogen and oxygen atoms in total. The van der Waals surface area contributed by atoms with E-state index in [4.69, 9.17) is 0 Å². The van der Waals surface area contributed by atoms with E-state index in [0.29, 0.717) is 51.1 Å².